The number of thiophene rings is 1. The topological polar surface area (TPSA) is 24.5 Å². The van der Waals surface area contributed by atoms with Crippen molar-refractivity contribution >= 4 is 27.3 Å². The van der Waals surface area contributed by atoms with Crippen LogP contribution in [0.25, 0.3) is 0 Å². The number of morpholine rings is 1. The normalized spacial score (nSPS) is 30.3. The van der Waals surface area contributed by atoms with Gasteiger partial charge in [-0.05, 0) is 53.3 Å². The average molecular weight is 331 g/mol. The molecule has 2 aliphatic heterocycles. The number of ether oxygens (including phenoxy) is 1. The Morgan fingerprint density at radius 2 is 2.44 bits per heavy atom. The Bertz CT molecular complexity index is 411. The summed E-state index contributed by atoms with van der Waals surface area (Å²) in [7, 11) is 2.02. The molecule has 0 radical (unpaired) electrons. The van der Waals surface area contributed by atoms with Gasteiger partial charge in [-0.1, -0.05) is 0 Å². The molecule has 0 bridgehead atoms. The van der Waals surface area contributed by atoms with E-state index in [2.05, 4.69) is 36.9 Å². The predicted molar refractivity (Wildman–Crippen MR) is 78.2 cm³/mol. The molecule has 0 spiro atoms. The van der Waals surface area contributed by atoms with Crippen LogP contribution in [0.2, 0.25) is 0 Å². The van der Waals surface area contributed by atoms with Gasteiger partial charge in [0.15, 0.2) is 0 Å². The van der Waals surface area contributed by atoms with Crippen LogP contribution >= 0.6 is 27.3 Å². The number of rotatable bonds is 3. The molecule has 0 aromatic carbocycles. The van der Waals surface area contributed by atoms with Crippen molar-refractivity contribution in [3.05, 3.63) is 20.8 Å². The minimum atomic E-state index is 0.259. The Balaban J connectivity index is 1.74. The van der Waals surface area contributed by atoms with Gasteiger partial charge in [-0.15, -0.1) is 0 Å². The molecule has 3 atom stereocenters. The Labute approximate surface area is 121 Å². The summed E-state index contributed by atoms with van der Waals surface area (Å²) in [5.74, 6) is 0. The van der Waals surface area contributed by atoms with E-state index in [0.29, 0.717) is 6.04 Å². The summed E-state index contributed by atoms with van der Waals surface area (Å²) in [4.78, 5) is 2.60. The van der Waals surface area contributed by atoms with Crippen molar-refractivity contribution in [2.45, 2.75) is 31.0 Å². The van der Waals surface area contributed by atoms with E-state index in [-0.39, 0.29) is 12.1 Å². The van der Waals surface area contributed by atoms with E-state index in [9.17, 15) is 0 Å². The van der Waals surface area contributed by atoms with Gasteiger partial charge in [0.2, 0.25) is 0 Å². The molecule has 3 heterocycles. The first-order valence-corrected chi connectivity index (χ1v) is 8.27. The maximum atomic E-state index is 6.10. The Morgan fingerprint density at radius 1 is 1.56 bits per heavy atom. The van der Waals surface area contributed by atoms with Gasteiger partial charge in [-0.25, -0.2) is 0 Å². The Hall–Kier alpha value is 0.0600. The fraction of sp³-hybridized carbons (Fsp3) is 0.692. The molecule has 18 heavy (non-hydrogen) atoms. The zero-order valence-electron chi connectivity index (χ0n) is 10.6. The van der Waals surface area contributed by atoms with Crippen molar-refractivity contribution in [3.8, 4) is 0 Å². The molecule has 3 rings (SSSR count). The molecule has 1 N–H and O–H groups in total. The minimum Gasteiger partial charge on any atom is -0.373 e. The molecule has 2 aliphatic rings. The first kappa shape index (κ1) is 13.1. The summed E-state index contributed by atoms with van der Waals surface area (Å²) >= 11 is 5.37. The molecule has 3 unspecified atom stereocenters. The lowest BCUT2D eigenvalue weighted by Crippen LogP contribution is -2.50. The number of fused-ring (bicyclic) bond motifs is 1. The van der Waals surface area contributed by atoms with E-state index in [1.54, 1.807) is 11.3 Å². The van der Waals surface area contributed by atoms with Crippen molar-refractivity contribution in [3.63, 3.8) is 0 Å². The molecule has 2 saturated heterocycles. The van der Waals surface area contributed by atoms with Crippen LogP contribution in [0, 0.1) is 0 Å². The zero-order chi connectivity index (χ0) is 12.5. The highest BCUT2D eigenvalue weighted by Crippen LogP contribution is 2.33. The first-order valence-electron chi connectivity index (χ1n) is 6.54. The maximum absolute atomic E-state index is 6.10. The van der Waals surface area contributed by atoms with Crippen molar-refractivity contribution in [2.75, 3.05) is 26.7 Å². The van der Waals surface area contributed by atoms with Crippen LogP contribution in [-0.4, -0.2) is 43.8 Å². The molecular formula is C13H19BrN2OS. The number of hydrogen-bond donors (Lipinski definition) is 1. The van der Waals surface area contributed by atoms with Gasteiger partial charge in [0, 0.05) is 22.4 Å². The number of hydrogen-bond acceptors (Lipinski definition) is 4. The van der Waals surface area contributed by atoms with Crippen LogP contribution in [0.1, 0.15) is 24.4 Å². The van der Waals surface area contributed by atoms with Crippen LogP contribution in [0.5, 0.6) is 0 Å². The highest BCUT2D eigenvalue weighted by Gasteiger charge is 2.36. The third kappa shape index (κ3) is 2.39. The number of nitrogens with one attached hydrogen (secondary N) is 1. The van der Waals surface area contributed by atoms with Crippen molar-refractivity contribution in [1.82, 2.24) is 10.2 Å². The molecule has 5 heteroatoms. The first-order chi connectivity index (χ1) is 8.79. The van der Waals surface area contributed by atoms with E-state index >= 15 is 0 Å². The van der Waals surface area contributed by atoms with Crippen LogP contribution in [0.3, 0.4) is 0 Å². The number of nitrogens with zero attached hydrogens (tertiary/aromatic N) is 1. The molecule has 2 fully saturated rings. The third-order valence-electron chi connectivity index (χ3n) is 4.08. The summed E-state index contributed by atoms with van der Waals surface area (Å²) in [5.41, 5.74) is 1.32. The molecule has 100 valence electrons. The SMILES string of the molecule is CNC(c1cscc1Br)C1CN2CCCC2CO1. The van der Waals surface area contributed by atoms with Gasteiger partial charge < -0.3 is 10.1 Å². The smallest absolute Gasteiger partial charge is 0.0897 e. The lowest BCUT2D eigenvalue weighted by molar-refractivity contribution is -0.0643. The summed E-state index contributed by atoms with van der Waals surface area (Å²) < 4.78 is 7.30. The number of likely N-dealkylation sites (N-methyl/N-ethyl adjacent to an activating group) is 1. The van der Waals surface area contributed by atoms with E-state index in [4.69, 9.17) is 4.74 Å². The van der Waals surface area contributed by atoms with E-state index < -0.39 is 0 Å². The van der Waals surface area contributed by atoms with Gasteiger partial charge in [-0.2, -0.15) is 11.3 Å². The molecule has 0 amide bonds. The molecule has 3 nitrogen and oxygen atoms in total. The fourth-order valence-corrected chi connectivity index (χ4v) is 4.68. The second-order valence-electron chi connectivity index (χ2n) is 5.10. The van der Waals surface area contributed by atoms with Crippen LogP contribution in [0.4, 0.5) is 0 Å². The number of halogens is 1. The molecule has 0 saturated carbocycles. The van der Waals surface area contributed by atoms with E-state index in [1.165, 1.54) is 29.4 Å². The summed E-state index contributed by atoms with van der Waals surface area (Å²) in [6.45, 7) is 3.19. The lowest BCUT2D eigenvalue weighted by Gasteiger charge is -2.38. The van der Waals surface area contributed by atoms with Gasteiger partial charge in [0.25, 0.3) is 0 Å². The zero-order valence-corrected chi connectivity index (χ0v) is 13.0. The Morgan fingerprint density at radius 3 is 3.17 bits per heavy atom. The molecular weight excluding hydrogens is 312 g/mol. The summed E-state index contributed by atoms with van der Waals surface area (Å²) in [5, 5.41) is 7.77. The molecule has 0 aliphatic carbocycles. The second kappa shape index (κ2) is 5.59. The average Bonchev–Trinajstić information content (AvgIpc) is 2.99. The van der Waals surface area contributed by atoms with Gasteiger partial charge in [0.1, 0.15) is 0 Å². The van der Waals surface area contributed by atoms with Gasteiger partial charge in [0.05, 0.1) is 18.8 Å². The van der Waals surface area contributed by atoms with Crippen LogP contribution in [0.15, 0.2) is 15.2 Å². The van der Waals surface area contributed by atoms with Crippen molar-refractivity contribution in [2.24, 2.45) is 0 Å². The van der Waals surface area contributed by atoms with Crippen molar-refractivity contribution < 1.29 is 4.74 Å². The van der Waals surface area contributed by atoms with Crippen LogP contribution < -0.4 is 5.32 Å². The standard InChI is InChI=1S/C13H19BrN2OS/c1-15-13(10-7-18-8-11(10)14)12-5-16-4-2-3-9(16)6-17-12/h7-9,12-13,15H,2-6H2,1H3. The van der Waals surface area contributed by atoms with E-state index in [0.717, 1.165) is 13.2 Å². The highest BCUT2D eigenvalue weighted by molar-refractivity contribution is 9.10. The monoisotopic (exact) mass is 330 g/mol. The largest absolute Gasteiger partial charge is 0.373 e. The van der Waals surface area contributed by atoms with Gasteiger partial charge in [-0.3, -0.25) is 4.90 Å². The Kier molecular flexibility index (Phi) is 4.06. The quantitative estimate of drug-likeness (QED) is 0.922. The fourth-order valence-electron chi connectivity index (χ4n) is 3.10. The summed E-state index contributed by atoms with van der Waals surface area (Å²) in [6.07, 6.45) is 2.89. The molecule has 1 aromatic rings. The van der Waals surface area contributed by atoms with E-state index in [1.807, 2.05) is 7.05 Å². The minimum absolute atomic E-state index is 0.259. The van der Waals surface area contributed by atoms with Crippen molar-refractivity contribution in [1.29, 1.82) is 0 Å². The second-order valence-corrected chi connectivity index (χ2v) is 6.70. The molecule has 1 aromatic heterocycles. The predicted octanol–water partition coefficient (Wildman–Crippen LogP) is 2.63. The lowest BCUT2D eigenvalue weighted by atomic mass is 10.0. The third-order valence-corrected chi connectivity index (χ3v) is 5.83. The maximum Gasteiger partial charge on any atom is 0.0897 e. The van der Waals surface area contributed by atoms with Gasteiger partial charge >= 0.3 is 0 Å². The van der Waals surface area contributed by atoms with Crippen LogP contribution in [-0.2, 0) is 4.74 Å². The highest BCUT2D eigenvalue weighted by atomic mass is 79.9. The summed E-state index contributed by atoms with van der Waals surface area (Å²) in [6, 6.07) is 0.955.